The number of hydrogen-bond acceptors (Lipinski definition) is 6. The highest BCUT2D eigenvalue weighted by Crippen LogP contribution is 2.58. The van der Waals surface area contributed by atoms with Crippen molar-refractivity contribution in [2.24, 2.45) is 0 Å². The first-order valence-electron chi connectivity index (χ1n) is 25.6. The molecule has 0 aliphatic heterocycles. The van der Waals surface area contributed by atoms with Gasteiger partial charge in [0.15, 0.2) is 17.5 Å². The molecular weight excluding hydrogens is 931 g/mol. The second-order valence-corrected chi connectivity index (χ2v) is 19.7. The molecule has 1 aliphatic carbocycles. The Bertz CT molecular complexity index is 4800. The number of para-hydroxylation sites is 2. The highest BCUT2D eigenvalue weighted by molar-refractivity contribution is 6.14. The molecule has 0 saturated heterocycles. The van der Waals surface area contributed by atoms with Crippen LogP contribution in [0.2, 0.25) is 0 Å². The summed E-state index contributed by atoms with van der Waals surface area (Å²) < 4.78 is 19.5. The van der Waals surface area contributed by atoms with Crippen LogP contribution in [0.25, 0.3) is 133 Å². The number of fused-ring (bicyclic) bond motifs is 12. The van der Waals surface area contributed by atoms with Crippen LogP contribution in [0.3, 0.4) is 0 Å². The van der Waals surface area contributed by atoms with Crippen LogP contribution in [0.4, 0.5) is 0 Å². The van der Waals surface area contributed by atoms with Crippen molar-refractivity contribution < 1.29 is 13.3 Å². The number of benzene rings is 11. The Morgan fingerprint density at radius 3 is 1.50 bits per heavy atom. The quantitative estimate of drug-likeness (QED) is 0.158. The Balaban J connectivity index is 0.864. The molecule has 76 heavy (non-hydrogen) atoms. The van der Waals surface area contributed by atoms with E-state index in [4.69, 9.17) is 28.2 Å². The average molecular weight is 972 g/mol. The smallest absolute Gasteiger partial charge is 0.164 e. The molecule has 4 aromatic heterocycles. The Kier molecular flexibility index (Phi) is 9.15. The fraction of sp³-hybridized carbons (Fsp3) is 0.0143. The molecule has 0 unspecified atom stereocenters. The van der Waals surface area contributed by atoms with Gasteiger partial charge in [-0.2, -0.15) is 0 Å². The molecule has 0 amide bonds. The third-order valence-corrected chi connectivity index (χ3v) is 15.6. The van der Waals surface area contributed by atoms with Crippen molar-refractivity contribution >= 4 is 65.8 Å². The monoisotopic (exact) mass is 971 g/mol. The second kappa shape index (κ2) is 16.4. The lowest BCUT2D eigenvalue weighted by Gasteiger charge is -2.34. The molecule has 0 fully saturated rings. The van der Waals surface area contributed by atoms with Crippen molar-refractivity contribution in [2.75, 3.05) is 0 Å². The van der Waals surface area contributed by atoms with Gasteiger partial charge in [0.1, 0.15) is 33.5 Å². The van der Waals surface area contributed by atoms with Gasteiger partial charge in [-0.3, -0.25) is 0 Å². The van der Waals surface area contributed by atoms with E-state index in [1.54, 1.807) is 0 Å². The third-order valence-electron chi connectivity index (χ3n) is 15.6. The fourth-order valence-corrected chi connectivity index (χ4v) is 12.4. The molecule has 0 atom stereocenters. The second-order valence-electron chi connectivity index (χ2n) is 19.7. The molecule has 6 nitrogen and oxygen atoms in total. The maximum atomic E-state index is 6.68. The number of nitrogens with zero attached hydrogens (tertiary/aromatic N) is 3. The van der Waals surface area contributed by atoms with Gasteiger partial charge in [0, 0.05) is 49.0 Å². The molecule has 0 N–H and O–H groups in total. The molecular formula is C70H41N3O3. The minimum Gasteiger partial charge on any atom is -0.456 e. The van der Waals surface area contributed by atoms with Gasteiger partial charge in [0.25, 0.3) is 0 Å². The van der Waals surface area contributed by atoms with Crippen molar-refractivity contribution in [3.05, 3.63) is 271 Å². The lowest BCUT2D eigenvalue weighted by molar-refractivity contribution is 0.668. The molecule has 1 aliphatic rings. The lowest BCUT2D eigenvalue weighted by atomic mass is 9.67. The van der Waals surface area contributed by atoms with E-state index in [1.165, 1.54) is 38.9 Å². The van der Waals surface area contributed by atoms with Crippen molar-refractivity contribution in [1.29, 1.82) is 0 Å². The van der Waals surface area contributed by atoms with Crippen molar-refractivity contribution in [2.45, 2.75) is 5.41 Å². The summed E-state index contributed by atoms with van der Waals surface area (Å²) >= 11 is 0. The minimum atomic E-state index is -0.490. The van der Waals surface area contributed by atoms with E-state index in [1.807, 2.05) is 66.7 Å². The molecule has 354 valence electrons. The standard InChI is InChI=1S/C70H41N3O3/c1-3-19-46(20-4-1)70(47-21-5-2-6-22-47)56-29-10-7-24-51(56)64-48(26-14-30-57(64)70)44-18-13-17-42(39-44)43-36-38-60-55(40-43)66-54(28-16-34-62(66)75-60)69-72-67(45-35-37-50-49-23-8-11-31-58(49)76-63(50)41-45)71-68(73-69)53-27-15-33-61-65(53)52-25-9-12-32-59(52)74-61/h1-41H. The SMILES string of the molecule is c1ccc(C2(c3ccccc3)c3ccccc3-c3c(-c4cccc(-c5ccc6oc7cccc(-c8nc(-c9ccc%10c(c9)oc9ccccc9%10)nc(-c9cccc%10oc%11ccccc%11c9%10)n8)c7c6c5)c4)cccc32)cc1. The molecule has 0 spiro atoms. The van der Waals surface area contributed by atoms with E-state index in [0.717, 1.165) is 99.2 Å². The van der Waals surface area contributed by atoms with Crippen LogP contribution < -0.4 is 0 Å². The summed E-state index contributed by atoms with van der Waals surface area (Å²) in [6.07, 6.45) is 0. The largest absolute Gasteiger partial charge is 0.456 e. The van der Waals surface area contributed by atoms with E-state index in [0.29, 0.717) is 17.5 Å². The van der Waals surface area contributed by atoms with Crippen LogP contribution in [0, 0.1) is 0 Å². The number of aromatic nitrogens is 3. The Morgan fingerprint density at radius 1 is 0.263 bits per heavy atom. The Morgan fingerprint density at radius 2 is 0.750 bits per heavy atom. The third kappa shape index (κ3) is 6.25. The normalized spacial score (nSPS) is 12.8. The van der Waals surface area contributed by atoms with Crippen LogP contribution >= 0.6 is 0 Å². The zero-order chi connectivity index (χ0) is 49.9. The van der Waals surface area contributed by atoms with Gasteiger partial charge in [-0.25, -0.2) is 15.0 Å². The number of rotatable bonds is 7. The van der Waals surface area contributed by atoms with Gasteiger partial charge in [-0.1, -0.05) is 194 Å². The molecule has 16 rings (SSSR count). The molecule has 0 radical (unpaired) electrons. The minimum absolute atomic E-state index is 0.490. The zero-order valence-electron chi connectivity index (χ0n) is 40.7. The average Bonchev–Trinajstić information content (AvgIpc) is 4.42. The highest BCUT2D eigenvalue weighted by Gasteiger charge is 2.46. The topological polar surface area (TPSA) is 78.1 Å². The van der Waals surface area contributed by atoms with Crippen LogP contribution in [0.15, 0.2) is 262 Å². The predicted molar refractivity (Wildman–Crippen MR) is 306 cm³/mol. The number of hydrogen-bond donors (Lipinski definition) is 0. The Hall–Kier alpha value is -10.2. The van der Waals surface area contributed by atoms with Gasteiger partial charge < -0.3 is 13.3 Å². The first-order chi connectivity index (χ1) is 37.7. The fourth-order valence-electron chi connectivity index (χ4n) is 12.4. The van der Waals surface area contributed by atoms with Gasteiger partial charge in [0.2, 0.25) is 0 Å². The zero-order valence-corrected chi connectivity index (χ0v) is 40.7. The van der Waals surface area contributed by atoms with E-state index in [2.05, 4.69) is 182 Å². The van der Waals surface area contributed by atoms with Gasteiger partial charge in [-0.15, -0.1) is 0 Å². The van der Waals surface area contributed by atoms with Crippen LogP contribution in [0.1, 0.15) is 22.3 Å². The van der Waals surface area contributed by atoms with Gasteiger partial charge >= 0.3 is 0 Å². The van der Waals surface area contributed by atoms with Crippen LogP contribution in [0.5, 0.6) is 0 Å². The van der Waals surface area contributed by atoms with E-state index in [9.17, 15) is 0 Å². The maximum Gasteiger partial charge on any atom is 0.164 e. The summed E-state index contributed by atoms with van der Waals surface area (Å²) in [6, 6.07) is 87.8. The van der Waals surface area contributed by atoms with E-state index < -0.39 is 5.41 Å². The van der Waals surface area contributed by atoms with Gasteiger partial charge in [-0.05, 0) is 110 Å². The molecule has 4 heterocycles. The summed E-state index contributed by atoms with van der Waals surface area (Å²) in [5, 5.41) is 5.93. The first kappa shape index (κ1) is 42.3. The summed E-state index contributed by atoms with van der Waals surface area (Å²) in [6.45, 7) is 0. The van der Waals surface area contributed by atoms with E-state index in [-0.39, 0.29) is 0 Å². The van der Waals surface area contributed by atoms with Crippen molar-refractivity contribution in [3.63, 3.8) is 0 Å². The first-order valence-corrected chi connectivity index (χ1v) is 25.6. The van der Waals surface area contributed by atoms with Crippen molar-refractivity contribution in [1.82, 2.24) is 15.0 Å². The van der Waals surface area contributed by atoms with Crippen LogP contribution in [-0.2, 0) is 5.41 Å². The summed E-state index contributed by atoms with van der Waals surface area (Å²) in [5.74, 6) is 1.58. The summed E-state index contributed by atoms with van der Waals surface area (Å²) in [5.41, 5.74) is 18.7. The lowest BCUT2D eigenvalue weighted by Crippen LogP contribution is -2.28. The highest BCUT2D eigenvalue weighted by atomic mass is 16.3. The predicted octanol–water partition coefficient (Wildman–Crippen LogP) is 18.3. The van der Waals surface area contributed by atoms with Crippen LogP contribution in [-0.4, -0.2) is 15.0 Å². The Labute approximate surface area is 435 Å². The molecule has 0 saturated carbocycles. The van der Waals surface area contributed by atoms with Gasteiger partial charge in [0.05, 0.1) is 5.41 Å². The van der Waals surface area contributed by atoms with E-state index >= 15 is 0 Å². The molecule has 0 bridgehead atoms. The molecule has 6 heteroatoms. The summed E-state index contributed by atoms with van der Waals surface area (Å²) in [7, 11) is 0. The molecule has 15 aromatic rings. The summed E-state index contributed by atoms with van der Waals surface area (Å²) in [4.78, 5) is 15.9. The van der Waals surface area contributed by atoms with Crippen molar-refractivity contribution in [3.8, 4) is 67.5 Å². The maximum absolute atomic E-state index is 6.68. The number of furan rings is 3. The molecule has 11 aromatic carbocycles.